The lowest BCUT2D eigenvalue weighted by atomic mass is 9.94. The van der Waals surface area contributed by atoms with Crippen molar-refractivity contribution in [3.8, 4) is 0 Å². The monoisotopic (exact) mass is 739 g/mol. The first-order chi connectivity index (χ1) is 24.9. The molecule has 0 aliphatic rings. The van der Waals surface area contributed by atoms with Crippen molar-refractivity contribution in [3.63, 3.8) is 0 Å². The molecular formula is C40H70N2O10. The van der Waals surface area contributed by atoms with E-state index in [0.29, 0.717) is 19.4 Å². The molecule has 0 radical (unpaired) electrons. The number of unbranched alkanes of at least 4 members (excludes halogenated alkanes) is 16. The summed E-state index contributed by atoms with van der Waals surface area (Å²) in [5.41, 5.74) is 0. The summed E-state index contributed by atoms with van der Waals surface area (Å²) < 4.78 is 0. The number of carboxylic acid groups (broad SMARTS) is 3. The number of amides is 2. The Hall–Kier alpha value is -3.31. The van der Waals surface area contributed by atoms with Gasteiger partial charge in [-0.25, -0.2) is 4.79 Å². The van der Waals surface area contributed by atoms with E-state index in [9.17, 15) is 43.8 Å². The zero-order chi connectivity index (χ0) is 39.0. The quantitative estimate of drug-likeness (QED) is 0.0391. The van der Waals surface area contributed by atoms with Crippen LogP contribution in [0.3, 0.4) is 0 Å². The third-order valence-corrected chi connectivity index (χ3v) is 9.80. The van der Waals surface area contributed by atoms with Crippen LogP contribution in [0, 0.1) is 11.8 Å². The minimum Gasteiger partial charge on any atom is -0.481 e. The van der Waals surface area contributed by atoms with Crippen LogP contribution in [-0.4, -0.2) is 69.2 Å². The van der Waals surface area contributed by atoms with Gasteiger partial charge in [-0.15, -0.1) is 0 Å². The first kappa shape index (κ1) is 48.7. The summed E-state index contributed by atoms with van der Waals surface area (Å²) in [5, 5.41) is 33.0. The molecule has 0 aliphatic heterocycles. The van der Waals surface area contributed by atoms with E-state index < -0.39 is 35.7 Å². The maximum absolute atomic E-state index is 12.5. The highest BCUT2D eigenvalue weighted by atomic mass is 16.4. The molecule has 300 valence electrons. The normalized spacial score (nSPS) is 12.8. The molecule has 0 aliphatic carbocycles. The summed E-state index contributed by atoms with van der Waals surface area (Å²) >= 11 is 0. The predicted octanol–water partition coefficient (Wildman–Crippen LogP) is 7.78. The van der Waals surface area contributed by atoms with Crippen LogP contribution in [0.2, 0.25) is 0 Å². The van der Waals surface area contributed by atoms with Crippen LogP contribution in [-0.2, 0) is 33.6 Å². The Morgan fingerprint density at radius 1 is 0.500 bits per heavy atom. The molecule has 2 amide bonds. The van der Waals surface area contributed by atoms with E-state index in [1.54, 1.807) is 6.92 Å². The molecular weight excluding hydrogens is 668 g/mol. The maximum Gasteiger partial charge on any atom is 0.326 e. The molecule has 0 saturated carbocycles. The van der Waals surface area contributed by atoms with Gasteiger partial charge >= 0.3 is 17.9 Å². The molecule has 0 rings (SSSR count). The van der Waals surface area contributed by atoms with E-state index in [-0.39, 0.29) is 68.5 Å². The number of nitrogens with one attached hydrogen (secondary N) is 2. The lowest BCUT2D eigenvalue weighted by Gasteiger charge is -2.15. The van der Waals surface area contributed by atoms with Crippen LogP contribution in [0.25, 0.3) is 0 Å². The molecule has 52 heavy (non-hydrogen) atoms. The smallest absolute Gasteiger partial charge is 0.326 e. The average Bonchev–Trinajstić information content (AvgIpc) is 3.08. The van der Waals surface area contributed by atoms with Gasteiger partial charge in [0.15, 0.2) is 0 Å². The SMILES string of the molecule is CC[C@@H](CCCCNC(=O)CC[C@H](CC(=O)CC[C@H](NC(=O)CCCCCCCCCCCCCCCCCCC(=O)O)C(=O)O)C(=O)O)C(C)=O. The highest BCUT2D eigenvalue weighted by Crippen LogP contribution is 2.17. The van der Waals surface area contributed by atoms with Gasteiger partial charge in [-0.2, -0.15) is 0 Å². The highest BCUT2D eigenvalue weighted by molar-refractivity contribution is 5.86. The second-order valence-corrected chi connectivity index (χ2v) is 14.4. The lowest BCUT2D eigenvalue weighted by molar-refractivity contribution is -0.145. The maximum atomic E-state index is 12.5. The van der Waals surface area contributed by atoms with Crippen LogP contribution in [0.15, 0.2) is 0 Å². The number of carboxylic acids is 3. The number of carbonyl (C=O) groups excluding carboxylic acids is 4. The molecule has 0 saturated heterocycles. The minimum absolute atomic E-state index is 0.0178. The standard InChI is InChI=1S/C40H70N2O10/c1-3-32(31(2)43)22-20-21-29-41-36(45)28-25-33(39(49)50)30-34(44)26-27-35(40(51)52)42-37(46)23-18-16-14-12-10-8-6-4-5-7-9-11-13-15-17-19-24-38(47)48/h32-33,35H,3-30H2,1-2H3,(H,41,45)(H,42,46)(H,47,48)(H,49,50)(H,51,52)/t32-,33+,35-/m0/s1. The van der Waals surface area contributed by atoms with E-state index in [1.807, 2.05) is 6.92 Å². The zero-order valence-electron chi connectivity index (χ0n) is 32.2. The zero-order valence-corrected chi connectivity index (χ0v) is 32.2. The summed E-state index contributed by atoms with van der Waals surface area (Å²) in [6.07, 6.45) is 20.5. The summed E-state index contributed by atoms with van der Waals surface area (Å²) in [6, 6.07) is -1.23. The van der Waals surface area contributed by atoms with Gasteiger partial charge < -0.3 is 26.0 Å². The molecule has 0 bridgehead atoms. The van der Waals surface area contributed by atoms with Crippen molar-refractivity contribution in [1.82, 2.24) is 10.6 Å². The van der Waals surface area contributed by atoms with Crippen molar-refractivity contribution in [3.05, 3.63) is 0 Å². The number of carbonyl (C=O) groups is 7. The molecule has 5 N–H and O–H groups in total. The first-order valence-electron chi connectivity index (χ1n) is 20.1. The molecule has 12 nitrogen and oxygen atoms in total. The Morgan fingerprint density at radius 3 is 1.44 bits per heavy atom. The number of Topliss-reactive ketones (excluding diaryl/α,β-unsaturated/α-hetero) is 2. The van der Waals surface area contributed by atoms with Crippen molar-refractivity contribution in [2.45, 2.75) is 193 Å². The van der Waals surface area contributed by atoms with Gasteiger partial charge in [0.2, 0.25) is 11.8 Å². The number of aliphatic carboxylic acids is 3. The molecule has 0 aromatic heterocycles. The van der Waals surface area contributed by atoms with E-state index in [4.69, 9.17) is 5.11 Å². The highest BCUT2D eigenvalue weighted by Gasteiger charge is 2.25. The fourth-order valence-corrected chi connectivity index (χ4v) is 6.39. The van der Waals surface area contributed by atoms with Gasteiger partial charge in [-0.05, 0) is 51.9 Å². The van der Waals surface area contributed by atoms with Gasteiger partial charge in [0.25, 0.3) is 0 Å². The largest absolute Gasteiger partial charge is 0.481 e. The molecule has 0 spiro atoms. The third kappa shape index (κ3) is 29.3. The average molecular weight is 739 g/mol. The van der Waals surface area contributed by atoms with Gasteiger partial charge in [0, 0.05) is 44.6 Å². The topological polar surface area (TPSA) is 204 Å². The number of rotatable bonds is 37. The molecule has 3 atom stereocenters. The minimum atomic E-state index is -1.25. The Balaban J connectivity index is 4.04. The third-order valence-electron chi connectivity index (χ3n) is 9.80. The summed E-state index contributed by atoms with van der Waals surface area (Å²) in [6.45, 7) is 3.98. The predicted molar refractivity (Wildman–Crippen MR) is 201 cm³/mol. The molecule has 0 unspecified atom stereocenters. The Bertz CT molecular complexity index is 1050. The Labute approximate surface area is 312 Å². The molecule has 0 aromatic rings. The van der Waals surface area contributed by atoms with Gasteiger partial charge in [-0.3, -0.25) is 28.8 Å². The van der Waals surface area contributed by atoms with Crippen molar-refractivity contribution in [2.24, 2.45) is 11.8 Å². The van der Waals surface area contributed by atoms with Crippen LogP contribution in [0.1, 0.15) is 187 Å². The Kier molecular flexibility index (Phi) is 30.3. The van der Waals surface area contributed by atoms with Crippen molar-refractivity contribution >= 4 is 41.3 Å². The van der Waals surface area contributed by atoms with E-state index in [0.717, 1.165) is 64.2 Å². The first-order valence-corrected chi connectivity index (χ1v) is 20.1. The second-order valence-electron chi connectivity index (χ2n) is 14.4. The fraction of sp³-hybridized carbons (Fsp3) is 0.825. The van der Waals surface area contributed by atoms with E-state index in [2.05, 4.69) is 10.6 Å². The molecule has 0 fully saturated rings. The molecule has 0 aromatic carbocycles. The van der Waals surface area contributed by atoms with Gasteiger partial charge in [0.05, 0.1) is 5.92 Å². The summed E-state index contributed by atoms with van der Waals surface area (Å²) in [5.74, 6) is -5.12. The summed E-state index contributed by atoms with van der Waals surface area (Å²) in [4.78, 5) is 82.6. The van der Waals surface area contributed by atoms with Crippen molar-refractivity contribution in [2.75, 3.05) is 6.54 Å². The van der Waals surface area contributed by atoms with Crippen LogP contribution >= 0.6 is 0 Å². The molecule has 12 heteroatoms. The number of ketones is 2. The van der Waals surface area contributed by atoms with Crippen molar-refractivity contribution in [1.29, 1.82) is 0 Å². The Morgan fingerprint density at radius 2 is 1.00 bits per heavy atom. The van der Waals surface area contributed by atoms with E-state index >= 15 is 0 Å². The fourth-order valence-electron chi connectivity index (χ4n) is 6.39. The van der Waals surface area contributed by atoms with Crippen LogP contribution < -0.4 is 10.6 Å². The molecule has 0 heterocycles. The number of hydrogen-bond acceptors (Lipinski definition) is 7. The summed E-state index contributed by atoms with van der Waals surface area (Å²) in [7, 11) is 0. The number of hydrogen-bond donors (Lipinski definition) is 5. The van der Waals surface area contributed by atoms with Gasteiger partial charge in [0.1, 0.15) is 17.6 Å². The second kappa shape index (κ2) is 32.3. The van der Waals surface area contributed by atoms with Crippen molar-refractivity contribution < 1.29 is 48.9 Å². The van der Waals surface area contributed by atoms with Crippen LogP contribution in [0.4, 0.5) is 0 Å². The van der Waals surface area contributed by atoms with Crippen LogP contribution in [0.5, 0.6) is 0 Å². The lowest BCUT2D eigenvalue weighted by Crippen LogP contribution is -2.41. The van der Waals surface area contributed by atoms with Gasteiger partial charge in [-0.1, -0.05) is 103 Å². The van der Waals surface area contributed by atoms with E-state index in [1.165, 1.54) is 51.4 Å².